The number of benzene rings is 2. The minimum atomic E-state index is -0.581. The molecular formula is C14H15ClN4O4. The zero-order valence-corrected chi connectivity index (χ0v) is 12.7. The van der Waals surface area contributed by atoms with Crippen molar-refractivity contribution in [1.29, 1.82) is 0 Å². The van der Waals surface area contributed by atoms with Crippen LogP contribution in [0.3, 0.4) is 0 Å². The molecule has 122 valence electrons. The Hall–Kier alpha value is -2.55. The number of nitrogens with two attached hydrogens (primary N) is 2. The van der Waals surface area contributed by atoms with Crippen molar-refractivity contribution in [3.63, 3.8) is 0 Å². The van der Waals surface area contributed by atoms with E-state index in [2.05, 4.69) is 0 Å². The van der Waals surface area contributed by atoms with Crippen LogP contribution in [0.15, 0.2) is 48.5 Å². The minimum Gasteiger partial charge on any atom is -0.322 e. The highest BCUT2D eigenvalue weighted by atomic mass is 35.5. The first-order valence-electron chi connectivity index (χ1n) is 6.40. The lowest BCUT2D eigenvalue weighted by atomic mass is 9.94. The Morgan fingerprint density at radius 3 is 1.17 bits per heavy atom. The van der Waals surface area contributed by atoms with Crippen LogP contribution in [0, 0.1) is 20.2 Å². The first kappa shape index (κ1) is 18.5. The van der Waals surface area contributed by atoms with Crippen molar-refractivity contribution in [2.45, 2.75) is 12.1 Å². The van der Waals surface area contributed by atoms with Gasteiger partial charge < -0.3 is 11.5 Å². The molecule has 0 saturated heterocycles. The molecule has 0 unspecified atom stereocenters. The molecule has 0 amide bonds. The van der Waals surface area contributed by atoms with Gasteiger partial charge in [0.1, 0.15) is 0 Å². The molecule has 9 heteroatoms. The van der Waals surface area contributed by atoms with Crippen molar-refractivity contribution in [2.75, 3.05) is 0 Å². The van der Waals surface area contributed by atoms with Gasteiger partial charge in [-0.2, -0.15) is 0 Å². The number of non-ortho nitro benzene ring substituents is 2. The summed E-state index contributed by atoms with van der Waals surface area (Å²) in [5.74, 6) is 0. The largest absolute Gasteiger partial charge is 0.322 e. The SMILES string of the molecule is Cl.N[C@@H](c1ccc([N+](=O)[O-])cc1)[C@@H](N)c1ccc([N+](=O)[O-])cc1. The van der Waals surface area contributed by atoms with Crippen LogP contribution in [0.4, 0.5) is 11.4 Å². The van der Waals surface area contributed by atoms with Gasteiger partial charge in [-0.15, -0.1) is 12.4 Å². The lowest BCUT2D eigenvalue weighted by Crippen LogP contribution is -2.26. The van der Waals surface area contributed by atoms with Crippen LogP contribution < -0.4 is 11.5 Å². The van der Waals surface area contributed by atoms with E-state index in [1.54, 1.807) is 24.3 Å². The maximum Gasteiger partial charge on any atom is 0.269 e. The van der Waals surface area contributed by atoms with Gasteiger partial charge >= 0.3 is 0 Å². The van der Waals surface area contributed by atoms with Crippen LogP contribution in [-0.2, 0) is 0 Å². The van der Waals surface area contributed by atoms with Gasteiger partial charge in [0.25, 0.3) is 11.4 Å². The summed E-state index contributed by atoms with van der Waals surface area (Å²) in [5.41, 5.74) is 13.4. The molecule has 0 fully saturated rings. The van der Waals surface area contributed by atoms with Gasteiger partial charge in [-0.25, -0.2) is 0 Å². The van der Waals surface area contributed by atoms with Crippen LogP contribution >= 0.6 is 12.4 Å². The predicted octanol–water partition coefficient (Wildman–Crippen LogP) is 2.62. The van der Waals surface area contributed by atoms with Gasteiger partial charge in [0.2, 0.25) is 0 Å². The van der Waals surface area contributed by atoms with Gasteiger partial charge in [0.05, 0.1) is 9.85 Å². The number of halogens is 1. The summed E-state index contributed by atoms with van der Waals surface area (Å²) in [5, 5.41) is 21.2. The maximum atomic E-state index is 10.6. The monoisotopic (exact) mass is 338 g/mol. The molecule has 0 aromatic heterocycles. The first-order valence-corrected chi connectivity index (χ1v) is 6.40. The Labute approximate surface area is 137 Å². The van der Waals surface area contributed by atoms with E-state index >= 15 is 0 Å². The van der Waals surface area contributed by atoms with E-state index in [1.165, 1.54) is 24.3 Å². The molecule has 0 aliphatic rings. The maximum absolute atomic E-state index is 10.6. The Kier molecular flexibility index (Phi) is 6.14. The second-order valence-electron chi connectivity index (χ2n) is 4.75. The Bertz CT molecular complexity index is 629. The quantitative estimate of drug-likeness (QED) is 0.634. The molecule has 2 aromatic carbocycles. The number of nitrogens with zero attached hydrogens (tertiary/aromatic N) is 2. The fourth-order valence-electron chi connectivity index (χ4n) is 2.05. The molecule has 0 saturated carbocycles. The second kappa shape index (κ2) is 7.63. The van der Waals surface area contributed by atoms with E-state index in [1.807, 2.05) is 0 Å². The van der Waals surface area contributed by atoms with E-state index in [-0.39, 0.29) is 23.8 Å². The van der Waals surface area contributed by atoms with Crippen LogP contribution in [0.1, 0.15) is 23.2 Å². The van der Waals surface area contributed by atoms with E-state index in [9.17, 15) is 20.2 Å². The van der Waals surface area contributed by atoms with Gasteiger partial charge in [-0.05, 0) is 11.1 Å². The molecule has 0 aliphatic heterocycles. The summed E-state index contributed by atoms with van der Waals surface area (Å²) in [4.78, 5) is 20.2. The fourth-order valence-corrected chi connectivity index (χ4v) is 2.05. The highest BCUT2D eigenvalue weighted by Gasteiger charge is 2.19. The Balaban J connectivity index is 0.00000264. The van der Waals surface area contributed by atoms with Crippen molar-refractivity contribution in [1.82, 2.24) is 0 Å². The lowest BCUT2D eigenvalue weighted by Gasteiger charge is -2.20. The normalized spacial score (nSPS) is 12.8. The number of hydrogen-bond acceptors (Lipinski definition) is 6. The van der Waals surface area contributed by atoms with Crippen molar-refractivity contribution < 1.29 is 9.85 Å². The molecule has 8 nitrogen and oxygen atoms in total. The molecule has 0 heterocycles. The van der Waals surface area contributed by atoms with Gasteiger partial charge in [-0.1, -0.05) is 24.3 Å². The van der Waals surface area contributed by atoms with E-state index in [4.69, 9.17) is 11.5 Å². The summed E-state index contributed by atoms with van der Waals surface area (Å²) in [6.45, 7) is 0. The average molecular weight is 339 g/mol. The summed E-state index contributed by atoms with van der Waals surface area (Å²) in [6, 6.07) is 10.5. The highest BCUT2D eigenvalue weighted by molar-refractivity contribution is 5.85. The van der Waals surface area contributed by atoms with E-state index in [0.717, 1.165) is 0 Å². The molecule has 0 spiro atoms. The average Bonchev–Trinajstić information content (AvgIpc) is 2.53. The smallest absolute Gasteiger partial charge is 0.269 e. The zero-order valence-electron chi connectivity index (χ0n) is 11.9. The number of rotatable bonds is 5. The molecule has 2 atom stereocenters. The van der Waals surface area contributed by atoms with Crippen molar-refractivity contribution in [3.05, 3.63) is 79.9 Å². The highest BCUT2D eigenvalue weighted by Crippen LogP contribution is 2.27. The van der Waals surface area contributed by atoms with Gasteiger partial charge in [0.15, 0.2) is 0 Å². The first-order chi connectivity index (χ1) is 10.4. The van der Waals surface area contributed by atoms with Crippen molar-refractivity contribution in [3.8, 4) is 0 Å². The third-order valence-corrected chi connectivity index (χ3v) is 3.36. The number of nitro groups is 2. The third kappa shape index (κ3) is 4.22. The Morgan fingerprint density at radius 2 is 0.957 bits per heavy atom. The van der Waals surface area contributed by atoms with E-state index in [0.29, 0.717) is 11.1 Å². The molecule has 23 heavy (non-hydrogen) atoms. The lowest BCUT2D eigenvalue weighted by molar-refractivity contribution is -0.385. The fraction of sp³-hybridized carbons (Fsp3) is 0.143. The number of hydrogen-bond donors (Lipinski definition) is 2. The molecule has 0 radical (unpaired) electrons. The Morgan fingerprint density at radius 1 is 0.696 bits per heavy atom. The van der Waals surface area contributed by atoms with Crippen LogP contribution in [-0.4, -0.2) is 9.85 Å². The molecule has 0 bridgehead atoms. The molecule has 2 rings (SSSR count). The summed E-state index contributed by atoms with van der Waals surface area (Å²) in [6.07, 6.45) is 0. The minimum absolute atomic E-state index is 0. The van der Waals surface area contributed by atoms with Crippen LogP contribution in [0.5, 0.6) is 0 Å². The van der Waals surface area contributed by atoms with Gasteiger partial charge in [-0.3, -0.25) is 20.2 Å². The summed E-state index contributed by atoms with van der Waals surface area (Å²) >= 11 is 0. The molecular weight excluding hydrogens is 324 g/mol. The summed E-state index contributed by atoms with van der Waals surface area (Å²) in [7, 11) is 0. The van der Waals surface area contributed by atoms with Crippen LogP contribution in [0.25, 0.3) is 0 Å². The molecule has 4 N–H and O–H groups in total. The second-order valence-corrected chi connectivity index (χ2v) is 4.75. The predicted molar refractivity (Wildman–Crippen MR) is 87.3 cm³/mol. The van der Waals surface area contributed by atoms with Crippen molar-refractivity contribution >= 4 is 23.8 Å². The van der Waals surface area contributed by atoms with E-state index < -0.39 is 21.9 Å². The topological polar surface area (TPSA) is 138 Å². The summed E-state index contributed by atoms with van der Waals surface area (Å²) < 4.78 is 0. The number of nitro benzene ring substituents is 2. The van der Waals surface area contributed by atoms with Gasteiger partial charge in [0, 0.05) is 36.3 Å². The molecule has 0 aliphatic carbocycles. The standard InChI is InChI=1S/C14H14N4O4.ClH/c15-13(9-1-5-11(6-2-9)17(19)20)14(16)10-3-7-12(8-4-10)18(21)22;/h1-8,13-14H,15-16H2;1H/t13-,14-;/m0./s1. The molecule has 2 aromatic rings. The third-order valence-electron chi connectivity index (χ3n) is 3.36. The van der Waals surface area contributed by atoms with Crippen LogP contribution in [0.2, 0.25) is 0 Å². The zero-order chi connectivity index (χ0) is 16.3. The van der Waals surface area contributed by atoms with Crippen molar-refractivity contribution in [2.24, 2.45) is 11.5 Å².